The van der Waals surface area contributed by atoms with Crippen LogP contribution < -0.4 is 5.32 Å². The Morgan fingerprint density at radius 3 is 2.09 bits per heavy atom. The standard InChI is InChI=1S/C19H15IN2/c20-19-9-5-4-6-15(19)14-21-16-10-12-18(13-11-16)22-17-7-2-1-3-8-17/h1-14,22H. The van der Waals surface area contributed by atoms with E-state index in [4.69, 9.17) is 0 Å². The number of nitrogens with one attached hydrogen (secondary N) is 1. The second kappa shape index (κ2) is 7.22. The molecule has 2 nitrogen and oxygen atoms in total. The minimum absolute atomic E-state index is 0.943. The van der Waals surface area contributed by atoms with E-state index >= 15 is 0 Å². The monoisotopic (exact) mass is 398 g/mol. The van der Waals surface area contributed by atoms with Gasteiger partial charge in [-0.1, -0.05) is 36.4 Å². The predicted octanol–water partition coefficient (Wildman–Crippen LogP) is 5.79. The van der Waals surface area contributed by atoms with E-state index in [1.165, 1.54) is 3.57 Å². The fraction of sp³-hybridized carbons (Fsp3) is 0. The number of hydrogen-bond acceptors (Lipinski definition) is 2. The third-order valence-corrected chi connectivity index (χ3v) is 4.17. The van der Waals surface area contributed by atoms with E-state index in [-0.39, 0.29) is 0 Å². The van der Waals surface area contributed by atoms with Crippen molar-refractivity contribution in [1.29, 1.82) is 0 Å². The highest BCUT2D eigenvalue weighted by atomic mass is 127. The van der Waals surface area contributed by atoms with Gasteiger partial charge in [-0.2, -0.15) is 0 Å². The number of rotatable bonds is 4. The van der Waals surface area contributed by atoms with Crippen molar-refractivity contribution in [1.82, 2.24) is 0 Å². The van der Waals surface area contributed by atoms with Crippen LogP contribution in [0.4, 0.5) is 17.1 Å². The van der Waals surface area contributed by atoms with E-state index in [0.717, 1.165) is 22.6 Å². The van der Waals surface area contributed by atoms with E-state index in [2.05, 4.69) is 45.0 Å². The maximum absolute atomic E-state index is 4.53. The molecule has 0 radical (unpaired) electrons. The fourth-order valence-electron chi connectivity index (χ4n) is 2.04. The van der Waals surface area contributed by atoms with Gasteiger partial charge < -0.3 is 5.32 Å². The summed E-state index contributed by atoms with van der Waals surface area (Å²) in [5, 5.41) is 3.36. The molecule has 0 aliphatic heterocycles. The quantitative estimate of drug-likeness (QED) is 0.437. The smallest absolute Gasteiger partial charge is 0.0631 e. The van der Waals surface area contributed by atoms with Crippen molar-refractivity contribution >= 4 is 45.9 Å². The van der Waals surface area contributed by atoms with Crippen molar-refractivity contribution in [2.45, 2.75) is 0 Å². The van der Waals surface area contributed by atoms with Crippen molar-refractivity contribution in [3.8, 4) is 0 Å². The molecule has 108 valence electrons. The largest absolute Gasteiger partial charge is 0.356 e. The number of nitrogens with zero attached hydrogens (tertiary/aromatic N) is 1. The van der Waals surface area contributed by atoms with Crippen molar-refractivity contribution in [3.05, 3.63) is 88.0 Å². The Morgan fingerprint density at radius 1 is 0.727 bits per heavy atom. The summed E-state index contributed by atoms with van der Waals surface area (Å²) in [6.45, 7) is 0. The van der Waals surface area contributed by atoms with Gasteiger partial charge in [-0.15, -0.1) is 0 Å². The predicted molar refractivity (Wildman–Crippen MR) is 103 cm³/mol. The van der Waals surface area contributed by atoms with Gasteiger partial charge in [-0.25, -0.2) is 0 Å². The normalized spacial score (nSPS) is 10.8. The molecule has 0 aliphatic carbocycles. The zero-order chi connectivity index (χ0) is 15.2. The van der Waals surface area contributed by atoms with Gasteiger partial charge in [0.2, 0.25) is 0 Å². The van der Waals surface area contributed by atoms with Crippen LogP contribution >= 0.6 is 22.6 Å². The highest BCUT2D eigenvalue weighted by Gasteiger charge is 1.96. The van der Waals surface area contributed by atoms with Gasteiger partial charge in [0.1, 0.15) is 0 Å². The number of benzene rings is 3. The number of para-hydroxylation sites is 1. The molecule has 0 saturated heterocycles. The van der Waals surface area contributed by atoms with Crippen molar-refractivity contribution < 1.29 is 0 Å². The van der Waals surface area contributed by atoms with Gasteiger partial charge in [-0.05, 0) is 65.1 Å². The Hall–Kier alpha value is -2.14. The first-order chi connectivity index (χ1) is 10.8. The zero-order valence-corrected chi connectivity index (χ0v) is 14.1. The molecule has 3 aromatic carbocycles. The minimum atomic E-state index is 0.943. The number of anilines is 2. The summed E-state index contributed by atoms with van der Waals surface area (Å²) in [6.07, 6.45) is 1.90. The van der Waals surface area contributed by atoms with Gasteiger partial charge in [0.15, 0.2) is 0 Å². The lowest BCUT2D eigenvalue weighted by molar-refractivity contribution is 1.49. The molecule has 0 fully saturated rings. The Balaban J connectivity index is 1.71. The lowest BCUT2D eigenvalue weighted by Gasteiger charge is -2.06. The lowest BCUT2D eigenvalue weighted by Crippen LogP contribution is -1.88. The van der Waals surface area contributed by atoms with E-state index < -0.39 is 0 Å². The van der Waals surface area contributed by atoms with Crippen LogP contribution in [0.15, 0.2) is 83.9 Å². The minimum Gasteiger partial charge on any atom is -0.356 e. The van der Waals surface area contributed by atoms with Gasteiger partial charge in [0.05, 0.1) is 5.69 Å². The lowest BCUT2D eigenvalue weighted by atomic mass is 10.2. The summed E-state index contributed by atoms with van der Waals surface area (Å²) < 4.78 is 1.20. The molecule has 0 aliphatic rings. The molecule has 0 bridgehead atoms. The molecule has 0 heterocycles. The molecule has 0 aromatic heterocycles. The maximum atomic E-state index is 4.53. The van der Waals surface area contributed by atoms with Crippen LogP contribution in [0.2, 0.25) is 0 Å². The van der Waals surface area contributed by atoms with Crippen LogP contribution in [0.3, 0.4) is 0 Å². The van der Waals surface area contributed by atoms with Crippen molar-refractivity contribution in [2.75, 3.05) is 5.32 Å². The molecular weight excluding hydrogens is 383 g/mol. The van der Waals surface area contributed by atoms with E-state index in [9.17, 15) is 0 Å². The molecular formula is C19H15IN2. The van der Waals surface area contributed by atoms with Crippen molar-refractivity contribution in [3.63, 3.8) is 0 Å². The topological polar surface area (TPSA) is 24.4 Å². The summed E-state index contributed by atoms with van der Waals surface area (Å²) in [4.78, 5) is 4.53. The van der Waals surface area contributed by atoms with Crippen LogP contribution in [0, 0.1) is 3.57 Å². The average Bonchev–Trinajstić information content (AvgIpc) is 2.56. The Morgan fingerprint density at radius 2 is 1.36 bits per heavy atom. The van der Waals surface area contributed by atoms with Gasteiger partial charge in [0, 0.05) is 26.7 Å². The number of aliphatic imine (C=N–C) groups is 1. The highest BCUT2D eigenvalue weighted by molar-refractivity contribution is 14.1. The number of halogens is 1. The second-order valence-electron chi connectivity index (χ2n) is 4.82. The molecule has 3 rings (SSSR count). The highest BCUT2D eigenvalue weighted by Crippen LogP contribution is 2.20. The van der Waals surface area contributed by atoms with E-state index in [1.807, 2.05) is 72.9 Å². The Kier molecular flexibility index (Phi) is 4.85. The molecule has 0 unspecified atom stereocenters. The summed E-state index contributed by atoms with van der Waals surface area (Å²) in [7, 11) is 0. The summed E-state index contributed by atoms with van der Waals surface area (Å²) in [5.74, 6) is 0. The van der Waals surface area contributed by atoms with Crippen LogP contribution in [0.1, 0.15) is 5.56 Å². The van der Waals surface area contributed by atoms with Crippen LogP contribution in [-0.4, -0.2) is 6.21 Å². The molecule has 0 saturated carbocycles. The molecule has 0 amide bonds. The summed E-state index contributed by atoms with van der Waals surface area (Å²) in [5.41, 5.74) is 4.21. The summed E-state index contributed by atoms with van der Waals surface area (Å²) in [6, 6.07) is 26.4. The molecule has 22 heavy (non-hydrogen) atoms. The van der Waals surface area contributed by atoms with E-state index in [0.29, 0.717) is 0 Å². The first kappa shape index (κ1) is 14.8. The third-order valence-electron chi connectivity index (χ3n) is 3.19. The zero-order valence-electron chi connectivity index (χ0n) is 11.9. The van der Waals surface area contributed by atoms with Crippen LogP contribution in [-0.2, 0) is 0 Å². The van der Waals surface area contributed by atoms with Crippen molar-refractivity contribution in [2.24, 2.45) is 4.99 Å². The van der Waals surface area contributed by atoms with Gasteiger partial charge in [-0.3, -0.25) is 4.99 Å². The molecule has 1 N–H and O–H groups in total. The Labute approximate surface area is 144 Å². The number of hydrogen-bond donors (Lipinski definition) is 1. The average molecular weight is 398 g/mol. The fourth-order valence-corrected chi connectivity index (χ4v) is 2.57. The SMILES string of the molecule is Ic1ccccc1C=Nc1ccc(Nc2ccccc2)cc1. The van der Waals surface area contributed by atoms with Crippen LogP contribution in [0.5, 0.6) is 0 Å². The third kappa shape index (κ3) is 3.95. The molecule has 3 aromatic rings. The van der Waals surface area contributed by atoms with Gasteiger partial charge >= 0.3 is 0 Å². The van der Waals surface area contributed by atoms with Crippen LogP contribution in [0.25, 0.3) is 0 Å². The molecule has 0 atom stereocenters. The first-order valence-electron chi connectivity index (χ1n) is 7.02. The summed E-state index contributed by atoms with van der Waals surface area (Å²) >= 11 is 2.32. The second-order valence-corrected chi connectivity index (χ2v) is 5.98. The Bertz CT molecular complexity index is 765. The maximum Gasteiger partial charge on any atom is 0.0631 e. The first-order valence-corrected chi connectivity index (χ1v) is 8.10. The van der Waals surface area contributed by atoms with Gasteiger partial charge in [0.25, 0.3) is 0 Å². The van der Waals surface area contributed by atoms with E-state index in [1.54, 1.807) is 0 Å². The molecule has 3 heteroatoms. The molecule has 0 spiro atoms.